The van der Waals surface area contributed by atoms with Crippen molar-refractivity contribution < 1.29 is 0 Å². The molecule has 16 heavy (non-hydrogen) atoms. The number of hydrogen-bond acceptors (Lipinski definition) is 3. The smallest absolute Gasteiger partial charge is 0.0897 e. The molecule has 0 aliphatic rings. The Morgan fingerprint density at radius 2 is 2.44 bits per heavy atom. The van der Waals surface area contributed by atoms with E-state index in [1.807, 2.05) is 6.08 Å². The molecule has 0 amide bonds. The van der Waals surface area contributed by atoms with Crippen LogP contribution in [-0.4, -0.2) is 17.6 Å². The zero-order valence-electron chi connectivity index (χ0n) is 10.3. The van der Waals surface area contributed by atoms with Crippen LogP contribution in [0, 0.1) is 6.92 Å². The summed E-state index contributed by atoms with van der Waals surface area (Å²) in [6.45, 7) is 9.13. The van der Waals surface area contributed by atoms with Crippen LogP contribution in [-0.2, 0) is 6.42 Å². The number of aromatic nitrogens is 1. The maximum Gasteiger partial charge on any atom is 0.0897 e. The molecule has 0 saturated heterocycles. The SMILES string of the molecule is C=CCCC(Cc1csc(C)n1)NCCC. The summed E-state index contributed by atoms with van der Waals surface area (Å²) >= 11 is 1.74. The minimum atomic E-state index is 0.541. The normalized spacial score (nSPS) is 12.6. The first-order valence-corrected chi connectivity index (χ1v) is 6.89. The molecular formula is C13H22N2S. The summed E-state index contributed by atoms with van der Waals surface area (Å²) in [6.07, 6.45) is 6.44. The quantitative estimate of drug-likeness (QED) is 0.703. The molecule has 1 atom stereocenters. The van der Waals surface area contributed by atoms with Crippen molar-refractivity contribution in [3.8, 4) is 0 Å². The third-order valence-corrected chi connectivity index (χ3v) is 3.35. The summed E-state index contributed by atoms with van der Waals surface area (Å²) < 4.78 is 0. The number of nitrogens with one attached hydrogen (secondary N) is 1. The van der Waals surface area contributed by atoms with Gasteiger partial charge in [-0.25, -0.2) is 4.98 Å². The number of rotatable bonds is 8. The third-order valence-electron chi connectivity index (χ3n) is 2.52. The fraction of sp³-hybridized carbons (Fsp3) is 0.615. The Morgan fingerprint density at radius 1 is 1.62 bits per heavy atom. The number of hydrogen-bond donors (Lipinski definition) is 1. The van der Waals surface area contributed by atoms with Gasteiger partial charge in [0, 0.05) is 17.8 Å². The summed E-state index contributed by atoms with van der Waals surface area (Å²) in [7, 11) is 0. The monoisotopic (exact) mass is 238 g/mol. The molecular weight excluding hydrogens is 216 g/mol. The average Bonchev–Trinajstić information content (AvgIpc) is 2.68. The van der Waals surface area contributed by atoms with Gasteiger partial charge in [0.15, 0.2) is 0 Å². The van der Waals surface area contributed by atoms with Gasteiger partial charge in [0.25, 0.3) is 0 Å². The molecule has 3 heteroatoms. The second kappa shape index (κ2) is 7.58. The lowest BCUT2D eigenvalue weighted by Gasteiger charge is -2.16. The molecule has 0 radical (unpaired) electrons. The number of aryl methyl sites for hydroxylation is 1. The Balaban J connectivity index is 2.44. The summed E-state index contributed by atoms with van der Waals surface area (Å²) in [6, 6.07) is 0.541. The standard InChI is InChI=1S/C13H22N2S/c1-4-6-7-12(14-8-5-2)9-13-10-16-11(3)15-13/h4,10,12,14H,1,5-9H2,2-3H3. The predicted octanol–water partition coefficient (Wildman–Crippen LogP) is 3.33. The molecule has 2 nitrogen and oxygen atoms in total. The first-order valence-electron chi connectivity index (χ1n) is 6.01. The molecule has 1 aromatic heterocycles. The largest absolute Gasteiger partial charge is 0.314 e. The highest BCUT2D eigenvalue weighted by atomic mass is 32.1. The van der Waals surface area contributed by atoms with Crippen LogP contribution >= 0.6 is 11.3 Å². The zero-order chi connectivity index (χ0) is 11.8. The van der Waals surface area contributed by atoms with Crippen LogP contribution in [0.3, 0.4) is 0 Å². The lowest BCUT2D eigenvalue weighted by molar-refractivity contribution is 0.477. The molecule has 0 aliphatic carbocycles. The number of nitrogens with zero attached hydrogens (tertiary/aromatic N) is 1. The van der Waals surface area contributed by atoms with E-state index in [2.05, 4.69) is 36.1 Å². The van der Waals surface area contributed by atoms with Crippen LogP contribution in [0.15, 0.2) is 18.0 Å². The van der Waals surface area contributed by atoms with E-state index in [4.69, 9.17) is 0 Å². The fourth-order valence-electron chi connectivity index (χ4n) is 1.70. The molecule has 1 unspecified atom stereocenters. The van der Waals surface area contributed by atoms with E-state index in [0.29, 0.717) is 6.04 Å². The second-order valence-corrected chi connectivity index (χ2v) is 5.14. The van der Waals surface area contributed by atoms with Crippen LogP contribution in [0.25, 0.3) is 0 Å². The van der Waals surface area contributed by atoms with Crippen molar-refractivity contribution >= 4 is 11.3 Å². The minimum absolute atomic E-state index is 0.541. The molecule has 1 N–H and O–H groups in total. The summed E-state index contributed by atoms with van der Waals surface area (Å²) in [4.78, 5) is 4.52. The molecule has 1 heterocycles. The molecule has 0 aliphatic heterocycles. The zero-order valence-corrected chi connectivity index (χ0v) is 11.1. The molecule has 90 valence electrons. The van der Waals surface area contributed by atoms with Gasteiger partial charge in [0.2, 0.25) is 0 Å². The second-order valence-electron chi connectivity index (χ2n) is 4.08. The molecule has 1 rings (SSSR count). The topological polar surface area (TPSA) is 24.9 Å². The van der Waals surface area contributed by atoms with E-state index >= 15 is 0 Å². The molecule has 0 aromatic carbocycles. The Hall–Kier alpha value is -0.670. The summed E-state index contributed by atoms with van der Waals surface area (Å²) in [5, 5.41) is 6.91. The number of thiazole rings is 1. The van der Waals surface area contributed by atoms with Crippen LogP contribution in [0.4, 0.5) is 0 Å². The Morgan fingerprint density at radius 3 is 3.00 bits per heavy atom. The van der Waals surface area contributed by atoms with Crippen LogP contribution in [0.1, 0.15) is 36.9 Å². The van der Waals surface area contributed by atoms with Crippen molar-refractivity contribution in [2.45, 2.75) is 45.6 Å². The molecule has 0 saturated carbocycles. The van der Waals surface area contributed by atoms with E-state index in [0.717, 1.165) is 30.8 Å². The molecule has 0 spiro atoms. The molecule has 0 fully saturated rings. The van der Waals surface area contributed by atoms with Gasteiger partial charge in [-0.2, -0.15) is 0 Å². The molecule has 0 bridgehead atoms. The van der Waals surface area contributed by atoms with Gasteiger partial charge in [-0.1, -0.05) is 13.0 Å². The van der Waals surface area contributed by atoms with Gasteiger partial charge in [-0.3, -0.25) is 0 Å². The average molecular weight is 238 g/mol. The van der Waals surface area contributed by atoms with Gasteiger partial charge < -0.3 is 5.32 Å². The van der Waals surface area contributed by atoms with Crippen LogP contribution in [0.2, 0.25) is 0 Å². The van der Waals surface area contributed by atoms with Crippen LogP contribution < -0.4 is 5.32 Å². The lowest BCUT2D eigenvalue weighted by atomic mass is 10.1. The van der Waals surface area contributed by atoms with Crippen molar-refractivity contribution in [1.29, 1.82) is 0 Å². The van der Waals surface area contributed by atoms with E-state index in [-0.39, 0.29) is 0 Å². The van der Waals surface area contributed by atoms with Crippen LogP contribution in [0.5, 0.6) is 0 Å². The van der Waals surface area contributed by atoms with Crippen molar-refractivity contribution in [3.63, 3.8) is 0 Å². The fourth-order valence-corrected chi connectivity index (χ4v) is 2.32. The summed E-state index contributed by atoms with van der Waals surface area (Å²) in [5.41, 5.74) is 1.22. The Kier molecular flexibility index (Phi) is 6.34. The first-order chi connectivity index (χ1) is 7.76. The highest BCUT2D eigenvalue weighted by molar-refractivity contribution is 7.09. The van der Waals surface area contributed by atoms with Crippen molar-refractivity contribution in [1.82, 2.24) is 10.3 Å². The highest BCUT2D eigenvalue weighted by Gasteiger charge is 2.09. The van der Waals surface area contributed by atoms with Gasteiger partial charge in [0.05, 0.1) is 10.7 Å². The Bertz CT molecular complexity index is 307. The van der Waals surface area contributed by atoms with Crippen molar-refractivity contribution in [3.05, 3.63) is 28.7 Å². The summed E-state index contributed by atoms with van der Waals surface area (Å²) in [5.74, 6) is 0. The maximum atomic E-state index is 4.52. The highest BCUT2D eigenvalue weighted by Crippen LogP contribution is 2.12. The number of allylic oxidation sites excluding steroid dienone is 1. The van der Waals surface area contributed by atoms with Gasteiger partial charge in [-0.05, 0) is 32.7 Å². The van der Waals surface area contributed by atoms with Crippen molar-refractivity contribution in [2.75, 3.05) is 6.54 Å². The van der Waals surface area contributed by atoms with Crippen molar-refractivity contribution in [2.24, 2.45) is 0 Å². The minimum Gasteiger partial charge on any atom is -0.314 e. The molecule has 1 aromatic rings. The van der Waals surface area contributed by atoms with Gasteiger partial charge in [-0.15, -0.1) is 17.9 Å². The predicted molar refractivity (Wildman–Crippen MR) is 72.1 cm³/mol. The van der Waals surface area contributed by atoms with Gasteiger partial charge >= 0.3 is 0 Å². The van der Waals surface area contributed by atoms with E-state index in [9.17, 15) is 0 Å². The third kappa shape index (κ3) is 4.90. The maximum absolute atomic E-state index is 4.52. The van der Waals surface area contributed by atoms with E-state index in [1.165, 1.54) is 12.1 Å². The lowest BCUT2D eigenvalue weighted by Crippen LogP contribution is -2.31. The van der Waals surface area contributed by atoms with E-state index in [1.54, 1.807) is 11.3 Å². The first kappa shape index (κ1) is 13.4. The van der Waals surface area contributed by atoms with E-state index < -0.39 is 0 Å². The van der Waals surface area contributed by atoms with Gasteiger partial charge in [0.1, 0.15) is 0 Å². The Labute approximate surface area is 103 Å².